The Bertz CT molecular complexity index is 422. The van der Waals surface area contributed by atoms with E-state index in [0.717, 1.165) is 12.8 Å². The lowest BCUT2D eigenvalue weighted by Crippen LogP contribution is -2.45. The van der Waals surface area contributed by atoms with Crippen molar-refractivity contribution in [3.05, 3.63) is 35.4 Å². The average Bonchev–Trinajstić information content (AvgIpc) is 2.31. The Hall–Kier alpha value is -0.960. The third kappa shape index (κ3) is 3.14. The van der Waals surface area contributed by atoms with Crippen LogP contribution in [0.4, 0.5) is 8.78 Å². The Balaban J connectivity index is 2.14. The smallest absolute Gasteiger partial charge is 0.130 e. The number of hydrogen-bond donors (Lipinski definition) is 1. The molecule has 3 heteroatoms. The fourth-order valence-corrected chi connectivity index (χ4v) is 3.11. The molecule has 2 atom stereocenters. The minimum atomic E-state index is -0.464. The van der Waals surface area contributed by atoms with Crippen LogP contribution in [-0.4, -0.2) is 6.04 Å². The highest BCUT2D eigenvalue weighted by molar-refractivity contribution is 5.23. The average molecular weight is 267 g/mol. The molecule has 106 valence electrons. The molecule has 1 aliphatic rings. The normalized spacial score (nSPS) is 24.2. The van der Waals surface area contributed by atoms with E-state index in [4.69, 9.17) is 0 Å². The van der Waals surface area contributed by atoms with E-state index in [1.807, 2.05) is 6.92 Å². The predicted molar refractivity (Wildman–Crippen MR) is 73.9 cm³/mol. The van der Waals surface area contributed by atoms with Gasteiger partial charge in [0.1, 0.15) is 11.6 Å². The number of hydrogen-bond acceptors (Lipinski definition) is 1. The molecule has 1 aromatic carbocycles. The summed E-state index contributed by atoms with van der Waals surface area (Å²) in [5.74, 6) is -0.928. The molecule has 1 nitrogen and oxygen atoms in total. The van der Waals surface area contributed by atoms with E-state index >= 15 is 0 Å². The predicted octanol–water partition coefficient (Wildman–Crippen LogP) is 4.58. The Morgan fingerprint density at radius 2 is 1.84 bits per heavy atom. The summed E-state index contributed by atoms with van der Waals surface area (Å²) in [7, 11) is 0. The Kier molecular flexibility index (Phi) is 4.24. The third-order valence-electron chi connectivity index (χ3n) is 4.39. The van der Waals surface area contributed by atoms with Crippen molar-refractivity contribution in [1.29, 1.82) is 0 Å². The van der Waals surface area contributed by atoms with Crippen LogP contribution in [0.5, 0.6) is 0 Å². The highest BCUT2D eigenvalue weighted by Gasteiger charge is 2.33. The van der Waals surface area contributed by atoms with Gasteiger partial charge in [0.25, 0.3) is 0 Å². The van der Waals surface area contributed by atoms with E-state index < -0.39 is 11.6 Å². The minimum absolute atomic E-state index is 0.156. The van der Waals surface area contributed by atoms with Gasteiger partial charge in [0.15, 0.2) is 0 Å². The second-order valence-corrected chi connectivity index (χ2v) is 6.31. The molecule has 0 saturated heterocycles. The van der Waals surface area contributed by atoms with Gasteiger partial charge in [-0.15, -0.1) is 0 Å². The number of nitrogens with one attached hydrogen (secondary N) is 1. The second-order valence-electron chi connectivity index (χ2n) is 6.31. The van der Waals surface area contributed by atoms with Crippen molar-refractivity contribution in [3.8, 4) is 0 Å². The number of benzene rings is 1. The SMILES string of the molecule is CC(NC1CCCCC1(C)C)c1c(F)cccc1F. The molecule has 1 saturated carbocycles. The van der Waals surface area contributed by atoms with Gasteiger partial charge >= 0.3 is 0 Å². The van der Waals surface area contributed by atoms with Crippen LogP contribution in [0.15, 0.2) is 18.2 Å². The Labute approximate surface area is 114 Å². The maximum absolute atomic E-state index is 13.8. The lowest BCUT2D eigenvalue weighted by Gasteiger charge is -2.41. The summed E-state index contributed by atoms with van der Waals surface area (Å²) in [6, 6.07) is 4.07. The molecular weight excluding hydrogens is 244 g/mol. The summed E-state index contributed by atoms with van der Waals surface area (Å²) >= 11 is 0. The van der Waals surface area contributed by atoms with Gasteiger partial charge in [-0.3, -0.25) is 0 Å². The topological polar surface area (TPSA) is 12.0 Å². The molecule has 0 radical (unpaired) electrons. The van der Waals surface area contributed by atoms with Gasteiger partial charge < -0.3 is 5.32 Å². The molecule has 1 N–H and O–H groups in total. The largest absolute Gasteiger partial charge is 0.307 e. The molecule has 1 aliphatic carbocycles. The van der Waals surface area contributed by atoms with E-state index in [0.29, 0.717) is 6.04 Å². The van der Waals surface area contributed by atoms with Gasteiger partial charge in [-0.1, -0.05) is 32.8 Å². The molecule has 0 bridgehead atoms. The summed E-state index contributed by atoms with van der Waals surface area (Å²) < 4.78 is 27.5. The molecule has 1 fully saturated rings. The van der Waals surface area contributed by atoms with Crippen molar-refractivity contribution >= 4 is 0 Å². The molecular formula is C16H23F2N. The van der Waals surface area contributed by atoms with Gasteiger partial charge in [-0.05, 0) is 37.3 Å². The quantitative estimate of drug-likeness (QED) is 0.845. The zero-order valence-electron chi connectivity index (χ0n) is 12.0. The lowest BCUT2D eigenvalue weighted by atomic mass is 9.73. The van der Waals surface area contributed by atoms with E-state index in [1.54, 1.807) is 0 Å². The van der Waals surface area contributed by atoms with Crippen LogP contribution in [0, 0.1) is 17.0 Å². The third-order valence-corrected chi connectivity index (χ3v) is 4.39. The molecule has 0 heterocycles. The molecule has 2 unspecified atom stereocenters. The van der Waals surface area contributed by atoms with E-state index in [9.17, 15) is 8.78 Å². The van der Waals surface area contributed by atoms with Crippen LogP contribution in [0.25, 0.3) is 0 Å². The molecule has 0 amide bonds. The second kappa shape index (κ2) is 5.58. The maximum atomic E-state index is 13.8. The van der Waals surface area contributed by atoms with Gasteiger partial charge in [0.2, 0.25) is 0 Å². The van der Waals surface area contributed by atoms with Crippen molar-refractivity contribution in [2.24, 2.45) is 5.41 Å². The highest BCUT2D eigenvalue weighted by Crippen LogP contribution is 2.37. The van der Waals surface area contributed by atoms with Crippen LogP contribution in [-0.2, 0) is 0 Å². The molecule has 0 aliphatic heterocycles. The van der Waals surface area contributed by atoms with Crippen molar-refractivity contribution in [2.75, 3.05) is 0 Å². The Morgan fingerprint density at radius 1 is 1.21 bits per heavy atom. The van der Waals surface area contributed by atoms with E-state index in [2.05, 4.69) is 19.2 Å². The monoisotopic (exact) mass is 267 g/mol. The van der Waals surface area contributed by atoms with Crippen molar-refractivity contribution < 1.29 is 8.78 Å². The first kappa shape index (κ1) is 14.4. The summed E-state index contributed by atoms with van der Waals surface area (Å²) in [4.78, 5) is 0. The first-order valence-corrected chi connectivity index (χ1v) is 7.12. The fraction of sp³-hybridized carbons (Fsp3) is 0.625. The van der Waals surface area contributed by atoms with Crippen molar-refractivity contribution in [2.45, 2.75) is 58.5 Å². The van der Waals surface area contributed by atoms with Crippen LogP contribution in [0.2, 0.25) is 0 Å². The lowest BCUT2D eigenvalue weighted by molar-refractivity contribution is 0.156. The van der Waals surface area contributed by atoms with Gasteiger partial charge in [-0.25, -0.2) is 8.78 Å². The van der Waals surface area contributed by atoms with Crippen molar-refractivity contribution in [1.82, 2.24) is 5.32 Å². The highest BCUT2D eigenvalue weighted by atomic mass is 19.1. The van der Waals surface area contributed by atoms with E-state index in [1.165, 1.54) is 31.0 Å². The van der Waals surface area contributed by atoms with Gasteiger partial charge in [0.05, 0.1) is 0 Å². The zero-order chi connectivity index (χ0) is 14.0. The van der Waals surface area contributed by atoms with E-state index in [-0.39, 0.29) is 17.0 Å². The molecule has 2 rings (SSSR count). The first-order valence-electron chi connectivity index (χ1n) is 7.12. The van der Waals surface area contributed by atoms with Crippen LogP contribution in [0.3, 0.4) is 0 Å². The van der Waals surface area contributed by atoms with Crippen molar-refractivity contribution in [3.63, 3.8) is 0 Å². The Morgan fingerprint density at radius 3 is 2.42 bits per heavy atom. The first-order chi connectivity index (χ1) is 8.92. The molecule has 1 aromatic rings. The number of rotatable bonds is 3. The summed E-state index contributed by atoms with van der Waals surface area (Å²) in [5.41, 5.74) is 0.345. The summed E-state index contributed by atoms with van der Waals surface area (Å²) in [5, 5.41) is 3.43. The molecule has 0 spiro atoms. The summed E-state index contributed by atoms with van der Waals surface area (Å²) in [6.07, 6.45) is 4.67. The molecule has 19 heavy (non-hydrogen) atoms. The zero-order valence-corrected chi connectivity index (χ0v) is 12.0. The number of halogens is 2. The maximum Gasteiger partial charge on any atom is 0.130 e. The molecule has 0 aromatic heterocycles. The van der Waals surface area contributed by atoms with Gasteiger partial charge in [0, 0.05) is 17.6 Å². The standard InChI is InChI=1S/C16H23F2N/c1-11(15-12(17)7-6-8-13(15)18)19-14-9-4-5-10-16(14,2)3/h6-8,11,14,19H,4-5,9-10H2,1-3H3. The van der Waals surface area contributed by atoms with Crippen LogP contribution >= 0.6 is 0 Å². The van der Waals surface area contributed by atoms with Gasteiger partial charge in [-0.2, -0.15) is 0 Å². The van der Waals surface area contributed by atoms with Crippen LogP contribution in [0.1, 0.15) is 58.1 Å². The summed E-state index contributed by atoms with van der Waals surface area (Å²) in [6.45, 7) is 6.30. The minimum Gasteiger partial charge on any atom is -0.307 e. The van der Waals surface area contributed by atoms with Crippen LogP contribution < -0.4 is 5.32 Å². The fourth-order valence-electron chi connectivity index (χ4n) is 3.11.